The number of likely N-dealkylation sites (tertiary alicyclic amines) is 2. The second-order valence-electron chi connectivity index (χ2n) is 7.26. The standard InChI is InChI=1S/C17H31N3O2/c21-17(13-19-6-1-2-7-19)18-11-15-3-8-20(9-4-15)12-16-5-10-22-14-16/h15-16H,1-14H2,(H,18,21). The summed E-state index contributed by atoms with van der Waals surface area (Å²) in [5.74, 6) is 1.63. The Labute approximate surface area is 134 Å². The van der Waals surface area contributed by atoms with Crippen LogP contribution in [-0.4, -0.2) is 74.7 Å². The second kappa shape index (κ2) is 8.27. The fourth-order valence-corrected chi connectivity index (χ4v) is 3.92. The van der Waals surface area contributed by atoms with Crippen LogP contribution in [0.15, 0.2) is 0 Å². The highest BCUT2D eigenvalue weighted by molar-refractivity contribution is 5.78. The number of nitrogens with one attached hydrogen (secondary N) is 1. The molecule has 1 atom stereocenters. The fraction of sp³-hybridized carbons (Fsp3) is 0.941. The van der Waals surface area contributed by atoms with Crippen LogP contribution in [0.2, 0.25) is 0 Å². The van der Waals surface area contributed by atoms with Crippen LogP contribution in [0.25, 0.3) is 0 Å². The quantitative estimate of drug-likeness (QED) is 0.793. The highest BCUT2D eigenvalue weighted by atomic mass is 16.5. The van der Waals surface area contributed by atoms with E-state index in [0.29, 0.717) is 12.5 Å². The van der Waals surface area contributed by atoms with Crippen LogP contribution in [0.5, 0.6) is 0 Å². The normalized spacial score (nSPS) is 28.3. The van der Waals surface area contributed by atoms with Gasteiger partial charge in [0.1, 0.15) is 0 Å². The molecule has 0 aliphatic carbocycles. The molecule has 5 nitrogen and oxygen atoms in total. The third-order valence-electron chi connectivity index (χ3n) is 5.40. The molecule has 3 heterocycles. The van der Waals surface area contributed by atoms with Gasteiger partial charge in [-0.2, -0.15) is 0 Å². The molecule has 1 N–H and O–H groups in total. The molecule has 0 saturated carbocycles. The first-order valence-corrected chi connectivity index (χ1v) is 9.09. The lowest BCUT2D eigenvalue weighted by Crippen LogP contribution is -2.42. The van der Waals surface area contributed by atoms with E-state index in [1.54, 1.807) is 0 Å². The largest absolute Gasteiger partial charge is 0.381 e. The Bertz CT molecular complexity index is 344. The zero-order valence-electron chi connectivity index (χ0n) is 13.8. The number of rotatable bonds is 6. The van der Waals surface area contributed by atoms with Gasteiger partial charge in [0.25, 0.3) is 0 Å². The molecule has 0 aromatic rings. The summed E-state index contributed by atoms with van der Waals surface area (Å²) in [5, 5.41) is 3.15. The minimum absolute atomic E-state index is 0.215. The number of ether oxygens (including phenoxy) is 1. The molecule has 0 aromatic carbocycles. The van der Waals surface area contributed by atoms with Crippen LogP contribution < -0.4 is 5.32 Å². The highest BCUT2D eigenvalue weighted by Gasteiger charge is 2.24. The van der Waals surface area contributed by atoms with E-state index in [1.165, 1.54) is 51.7 Å². The van der Waals surface area contributed by atoms with Crippen molar-refractivity contribution in [2.75, 3.05) is 59.0 Å². The summed E-state index contributed by atoms with van der Waals surface area (Å²) in [6.45, 7) is 9.12. The molecule has 22 heavy (non-hydrogen) atoms. The number of hydrogen-bond acceptors (Lipinski definition) is 4. The summed E-state index contributed by atoms with van der Waals surface area (Å²) in [7, 11) is 0. The van der Waals surface area contributed by atoms with Gasteiger partial charge >= 0.3 is 0 Å². The van der Waals surface area contributed by atoms with Gasteiger partial charge in [-0.3, -0.25) is 9.69 Å². The van der Waals surface area contributed by atoms with Crippen molar-refractivity contribution in [3.8, 4) is 0 Å². The fourth-order valence-electron chi connectivity index (χ4n) is 3.92. The summed E-state index contributed by atoms with van der Waals surface area (Å²) >= 11 is 0. The third-order valence-corrected chi connectivity index (χ3v) is 5.40. The molecule has 0 spiro atoms. The maximum atomic E-state index is 12.0. The number of carbonyl (C=O) groups excluding carboxylic acids is 1. The van der Waals surface area contributed by atoms with Gasteiger partial charge in [0.15, 0.2) is 0 Å². The summed E-state index contributed by atoms with van der Waals surface area (Å²) in [4.78, 5) is 16.8. The van der Waals surface area contributed by atoms with Gasteiger partial charge in [-0.25, -0.2) is 0 Å². The van der Waals surface area contributed by atoms with Crippen molar-refractivity contribution in [3.63, 3.8) is 0 Å². The number of nitrogens with zero attached hydrogens (tertiary/aromatic N) is 2. The Hall–Kier alpha value is -0.650. The van der Waals surface area contributed by atoms with Gasteiger partial charge in [-0.15, -0.1) is 0 Å². The average Bonchev–Trinajstić information content (AvgIpc) is 3.20. The van der Waals surface area contributed by atoms with Gasteiger partial charge in [0.2, 0.25) is 5.91 Å². The van der Waals surface area contributed by atoms with Crippen molar-refractivity contribution in [1.82, 2.24) is 15.1 Å². The van der Waals surface area contributed by atoms with Crippen molar-refractivity contribution < 1.29 is 9.53 Å². The average molecular weight is 309 g/mol. The molecule has 3 saturated heterocycles. The van der Waals surface area contributed by atoms with Crippen LogP contribution in [-0.2, 0) is 9.53 Å². The van der Waals surface area contributed by atoms with Crippen molar-refractivity contribution in [2.45, 2.75) is 32.1 Å². The van der Waals surface area contributed by atoms with Crippen LogP contribution >= 0.6 is 0 Å². The Morgan fingerprint density at radius 1 is 1.00 bits per heavy atom. The smallest absolute Gasteiger partial charge is 0.234 e. The number of carbonyl (C=O) groups is 1. The summed E-state index contributed by atoms with van der Waals surface area (Å²) in [5.41, 5.74) is 0. The highest BCUT2D eigenvalue weighted by Crippen LogP contribution is 2.20. The first-order valence-electron chi connectivity index (χ1n) is 9.09. The number of amides is 1. The van der Waals surface area contributed by atoms with Crippen molar-refractivity contribution in [1.29, 1.82) is 0 Å². The molecule has 1 amide bonds. The van der Waals surface area contributed by atoms with E-state index in [2.05, 4.69) is 15.1 Å². The molecule has 0 bridgehead atoms. The van der Waals surface area contributed by atoms with E-state index in [0.717, 1.165) is 38.8 Å². The summed E-state index contributed by atoms with van der Waals surface area (Å²) in [6, 6.07) is 0. The summed E-state index contributed by atoms with van der Waals surface area (Å²) in [6.07, 6.45) is 6.16. The van der Waals surface area contributed by atoms with E-state index in [4.69, 9.17) is 4.74 Å². The lowest BCUT2D eigenvalue weighted by atomic mass is 9.95. The van der Waals surface area contributed by atoms with Gasteiger partial charge in [-0.1, -0.05) is 0 Å². The van der Waals surface area contributed by atoms with Gasteiger partial charge in [-0.05, 0) is 70.1 Å². The maximum absolute atomic E-state index is 12.0. The first kappa shape index (κ1) is 16.2. The van der Waals surface area contributed by atoms with Crippen molar-refractivity contribution in [2.24, 2.45) is 11.8 Å². The molecule has 1 unspecified atom stereocenters. The molecule has 5 heteroatoms. The minimum Gasteiger partial charge on any atom is -0.381 e. The van der Waals surface area contributed by atoms with Crippen molar-refractivity contribution in [3.05, 3.63) is 0 Å². The van der Waals surface area contributed by atoms with Gasteiger partial charge in [0.05, 0.1) is 13.2 Å². The molecular formula is C17H31N3O2. The first-order chi connectivity index (χ1) is 10.8. The SMILES string of the molecule is O=C(CN1CCCC1)NCC1CCN(CC2CCOC2)CC1. The molecule has 3 rings (SSSR count). The number of piperidine rings is 1. The topological polar surface area (TPSA) is 44.8 Å². The zero-order chi connectivity index (χ0) is 15.2. The Morgan fingerprint density at radius 2 is 1.77 bits per heavy atom. The van der Waals surface area contributed by atoms with E-state index in [1.807, 2.05) is 0 Å². The number of hydrogen-bond donors (Lipinski definition) is 1. The third kappa shape index (κ3) is 4.93. The van der Waals surface area contributed by atoms with Gasteiger partial charge < -0.3 is 15.0 Å². The lowest BCUT2D eigenvalue weighted by Gasteiger charge is -2.33. The molecule has 126 valence electrons. The molecule has 3 aliphatic rings. The summed E-state index contributed by atoms with van der Waals surface area (Å²) < 4.78 is 5.46. The second-order valence-corrected chi connectivity index (χ2v) is 7.26. The Kier molecular flexibility index (Phi) is 6.10. The molecule has 0 aromatic heterocycles. The van der Waals surface area contributed by atoms with Crippen LogP contribution in [0, 0.1) is 11.8 Å². The molecule has 3 fully saturated rings. The van der Waals surface area contributed by atoms with Gasteiger partial charge in [0, 0.05) is 19.7 Å². The molecule has 0 radical (unpaired) electrons. The van der Waals surface area contributed by atoms with Crippen molar-refractivity contribution >= 4 is 5.91 Å². The Morgan fingerprint density at radius 3 is 2.45 bits per heavy atom. The lowest BCUT2D eigenvalue weighted by molar-refractivity contribution is -0.122. The molecule has 3 aliphatic heterocycles. The maximum Gasteiger partial charge on any atom is 0.234 e. The predicted octanol–water partition coefficient (Wildman–Crippen LogP) is 0.947. The Balaban J connectivity index is 1.27. The zero-order valence-corrected chi connectivity index (χ0v) is 13.8. The van der Waals surface area contributed by atoms with E-state index >= 15 is 0 Å². The monoisotopic (exact) mass is 309 g/mol. The minimum atomic E-state index is 0.215. The molecular weight excluding hydrogens is 278 g/mol. The van der Waals surface area contributed by atoms with E-state index in [-0.39, 0.29) is 5.91 Å². The van der Waals surface area contributed by atoms with Crippen LogP contribution in [0.1, 0.15) is 32.1 Å². The van der Waals surface area contributed by atoms with Crippen LogP contribution in [0.3, 0.4) is 0 Å². The van der Waals surface area contributed by atoms with E-state index in [9.17, 15) is 4.79 Å². The predicted molar refractivity (Wildman–Crippen MR) is 86.8 cm³/mol. The van der Waals surface area contributed by atoms with Crippen LogP contribution in [0.4, 0.5) is 0 Å². The van der Waals surface area contributed by atoms with E-state index < -0.39 is 0 Å².